The maximum absolute atomic E-state index is 12.2. The van der Waals surface area contributed by atoms with Crippen LogP contribution in [0.4, 0.5) is 0 Å². The fraction of sp³-hybridized carbons (Fsp3) is 1.00. The standard InChI is InChI=1S/C63H106O35/c1-21(20-86-55-46(80)42(76)37(71)30(14-64)88-55)7-10-63(85)22(2)36-29(98-63)12-26-24-6-5-23-11-28(27(70)13-62(23,4)25(24)8-9-61(26,36)3)87-59-50(84)52(40(74)33(17-67)91-59)95-58-49(83)45(79)51(35(19-69)93-58)94-60-54(97-57-48(82)44(78)39(73)32(16-66)90-57)53(41(75)34(18-68)92-60)96-56-47(81)43(77)38(72)31(15-65)89-56/h21-60,64-85H,5-20H2,1-4H3/t21-,22-,23-,24-,25+,26+,27+,28-,29+,30+,31-,32-,33-,34-,35+,36+,37+,38+,39+,40-,41-,42+,43+,44+,45-,46+,47-,48-,49-,50-,51-,52+,53+,54-,55-,56+,57+,58+,59+,60+,61+,62+,63-/m1/s1. The fourth-order valence-corrected chi connectivity index (χ4v) is 18.6. The molecule has 43 atom stereocenters. The predicted molar refractivity (Wildman–Crippen MR) is 318 cm³/mol. The first-order valence-corrected chi connectivity index (χ1v) is 34.5. The van der Waals surface area contributed by atoms with Gasteiger partial charge in [0.1, 0.15) is 146 Å². The Morgan fingerprint density at radius 1 is 0.429 bits per heavy atom. The van der Waals surface area contributed by atoms with Crippen molar-refractivity contribution in [2.75, 3.05) is 46.2 Å². The van der Waals surface area contributed by atoms with Crippen molar-refractivity contribution in [2.24, 2.45) is 52.3 Å². The van der Waals surface area contributed by atoms with Crippen LogP contribution >= 0.6 is 0 Å². The molecular formula is C63H106O35. The number of fused-ring (bicyclic) bond motifs is 7. The van der Waals surface area contributed by atoms with Crippen LogP contribution in [0.2, 0.25) is 0 Å². The van der Waals surface area contributed by atoms with Crippen molar-refractivity contribution >= 4 is 0 Å². The Labute approximate surface area is 564 Å². The van der Waals surface area contributed by atoms with Gasteiger partial charge in [0.25, 0.3) is 0 Å². The molecule has 0 aromatic carbocycles. The Balaban J connectivity index is 0.725. The second kappa shape index (κ2) is 31.2. The molecule has 98 heavy (non-hydrogen) atoms. The fourth-order valence-electron chi connectivity index (χ4n) is 18.6. The quantitative estimate of drug-likeness (QED) is 0.0448. The lowest BCUT2D eigenvalue weighted by Crippen LogP contribution is -2.69. The van der Waals surface area contributed by atoms with Crippen LogP contribution in [0.25, 0.3) is 0 Å². The van der Waals surface area contributed by atoms with Gasteiger partial charge in [-0.05, 0) is 97.7 Å². The zero-order valence-electron chi connectivity index (χ0n) is 55.1. The van der Waals surface area contributed by atoms with E-state index in [4.69, 9.17) is 61.6 Å². The van der Waals surface area contributed by atoms with Gasteiger partial charge in [-0.1, -0.05) is 27.7 Å². The minimum atomic E-state index is -2.23. The number of aliphatic hydroxyl groups excluding tert-OH is 21. The third kappa shape index (κ3) is 14.3. The second-order valence-corrected chi connectivity index (χ2v) is 30.0. The number of ether oxygens (including phenoxy) is 13. The van der Waals surface area contributed by atoms with Crippen molar-refractivity contribution in [3.05, 3.63) is 0 Å². The maximum atomic E-state index is 12.2. The third-order valence-electron chi connectivity index (χ3n) is 24.4. The van der Waals surface area contributed by atoms with Gasteiger partial charge in [0.2, 0.25) is 0 Å². The lowest BCUT2D eigenvalue weighted by molar-refractivity contribution is -0.409. The summed E-state index contributed by atoms with van der Waals surface area (Å²) in [4.78, 5) is 0. The number of hydrogen-bond donors (Lipinski definition) is 22. The molecule has 0 unspecified atom stereocenters. The number of rotatable bonds is 22. The monoisotopic (exact) mass is 1420 g/mol. The Bertz CT molecular complexity index is 2550. The highest BCUT2D eigenvalue weighted by Gasteiger charge is 2.69. The van der Waals surface area contributed by atoms with E-state index in [2.05, 4.69) is 20.8 Å². The van der Waals surface area contributed by atoms with Crippen molar-refractivity contribution in [1.82, 2.24) is 0 Å². The SMILES string of the molecule is C[C@H](CC[C@@]1(O)O[C@H]2C[C@H]3[C@@H]4CC[C@@H]5C[C@@H](O[C@H]6O[C@H](CO)[C@@H](O)[C@H](O[C@@H]7O[C@@H](CO)[C@@H](O[C@@H]8O[C@H](CO)[C@@H](O)[C@H](O[C@@H]9O[C@H](CO)[C@H](O)[C@H](O)[C@H]9O)[C@H]8O[C@@H]8O[C@H](CO)[C@H](O)[C@H](O)[C@H]8O)[C@H](O)[C@H]7O)[C@H]6O)[C@@H](O)C[C@]5(C)[C@H]4CC[C@]3(C)[C@H]2[C@H]1C)CO[C@@H]1O[C@@H](CO)[C@H](O)[C@H](O)[C@@H]1O. The van der Waals surface area contributed by atoms with Crippen LogP contribution in [0.1, 0.15) is 85.5 Å². The van der Waals surface area contributed by atoms with Gasteiger partial charge in [-0.3, -0.25) is 0 Å². The molecule has 11 fully saturated rings. The summed E-state index contributed by atoms with van der Waals surface area (Å²) >= 11 is 0. The zero-order valence-corrected chi connectivity index (χ0v) is 55.1. The third-order valence-corrected chi connectivity index (χ3v) is 24.4. The molecule has 4 aliphatic carbocycles. The summed E-state index contributed by atoms with van der Waals surface area (Å²) in [5, 5.41) is 240. The first-order valence-electron chi connectivity index (χ1n) is 34.5. The van der Waals surface area contributed by atoms with Crippen molar-refractivity contribution in [2.45, 2.75) is 294 Å². The van der Waals surface area contributed by atoms with E-state index in [0.29, 0.717) is 25.7 Å². The highest BCUT2D eigenvalue weighted by atomic mass is 16.8. The number of aliphatic hydroxyl groups is 22. The van der Waals surface area contributed by atoms with Gasteiger partial charge in [0, 0.05) is 12.3 Å². The maximum Gasteiger partial charge on any atom is 0.187 e. The molecule has 0 amide bonds. The van der Waals surface area contributed by atoms with Gasteiger partial charge in [0.05, 0.1) is 64.6 Å². The van der Waals surface area contributed by atoms with Crippen molar-refractivity contribution < 1.29 is 174 Å². The summed E-state index contributed by atoms with van der Waals surface area (Å²) in [5.74, 6) is -0.883. The van der Waals surface area contributed by atoms with E-state index in [1.807, 2.05) is 6.92 Å². The van der Waals surface area contributed by atoms with Gasteiger partial charge in [-0.25, -0.2) is 0 Å². The molecule has 7 heterocycles. The van der Waals surface area contributed by atoms with Crippen LogP contribution < -0.4 is 0 Å². The molecule has 11 rings (SSSR count). The van der Waals surface area contributed by atoms with Gasteiger partial charge in [0.15, 0.2) is 43.5 Å². The lowest BCUT2D eigenvalue weighted by atomic mass is 9.44. The van der Waals surface area contributed by atoms with Gasteiger partial charge >= 0.3 is 0 Å². The molecule has 22 N–H and O–H groups in total. The minimum Gasteiger partial charge on any atom is -0.394 e. The zero-order chi connectivity index (χ0) is 71.1. The molecule has 11 aliphatic rings. The van der Waals surface area contributed by atoms with E-state index in [9.17, 15) is 112 Å². The van der Waals surface area contributed by atoms with Crippen LogP contribution in [0.15, 0.2) is 0 Å². The molecule has 0 spiro atoms. The van der Waals surface area contributed by atoms with Crippen LogP contribution in [-0.4, -0.2) is 367 Å². The van der Waals surface area contributed by atoms with E-state index >= 15 is 0 Å². The average Bonchev–Trinajstić information content (AvgIpc) is 1.50. The summed E-state index contributed by atoms with van der Waals surface area (Å²) in [6.45, 7) is 3.20. The van der Waals surface area contributed by atoms with Crippen molar-refractivity contribution in [3.8, 4) is 0 Å². The Morgan fingerprint density at radius 2 is 0.878 bits per heavy atom. The van der Waals surface area contributed by atoms with Crippen LogP contribution in [0.3, 0.4) is 0 Å². The van der Waals surface area contributed by atoms with Gasteiger partial charge in [-0.15, -0.1) is 0 Å². The molecule has 0 aromatic heterocycles. The van der Waals surface area contributed by atoms with Crippen molar-refractivity contribution in [1.29, 1.82) is 0 Å². The van der Waals surface area contributed by atoms with E-state index in [1.165, 1.54) is 0 Å². The van der Waals surface area contributed by atoms with Crippen LogP contribution in [0.5, 0.6) is 0 Å². The normalized spacial score (nSPS) is 55.5. The summed E-state index contributed by atoms with van der Waals surface area (Å²) < 4.78 is 77.3. The Hall–Kier alpha value is -1.40. The highest BCUT2D eigenvalue weighted by molar-refractivity contribution is 5.16. The van der Waals surface area contributed by atoms with E-state index in [-0.39, 0.29) is 65.0 Å². The molecular weight excluding hydrogens is 1320 g/mol. The number of hydrogen-bond acceptors (Lipinski definition) is 35. The molecule has 7 saturated heterocycles. The predicted octanol–water partition coefficient (Wildman–Crippen LogP) is -9.34. The van der Waals surface area contributed by atoms with E-state index in [1.54, 1.807) is 0 Å². The summed E-state index contributed by atoms with van der Waals surface area (Å²) in [5.41, 5.74) is -0.509. The molecule has 4 saturated carbocycles. The first-order chi connectivity index (χ1) is 46.4. The minimum absolute atomic E-state index is 0.0354. The molecule has 7 aliphatic heterocycles. The molecule has 0 aromatic rings. The van der Waals surface area contributed by atoms with Crippen LogP contribution in [0, 0.1) is 52.3 Å². The smallest absolute Gasteiger partial charge is 0.187 e. The molecule has 0 bridgehead atoms. The summed E-state index contributed by atoms with van der Waals surface area (Å²) in [6.07, 6.45) is -52.2. The topological polar surface area (TPSA) is 565 Å². The van der Waals surface area contributed by atoms with Gasteiger partial charge < -0.3 is 174 Å². The first kappa shape index (κ1) is 77.7. The lowest BCUT2D eigenvalue weighted by Gasteiger charge is -2.62. The van der Waals surface area contributed by atoms with Crippen molar-refractivity contribution in [3.63, 3.8) is 0 Å². The van der Waals surface area contributed by atoms with E-state index in [0.717, 1.165) is 32.1 Å². The molecule has 568 valence electrons. The molecule has 0 radical (unpaired) electrons. The summed E-state index contributed by atoms with van der Waals surface area (Å²) in [7, 11) is 0. The van der Waals surface area contributed by atoms with E-state index < -0.39 is 242 Å². The molecule has 35 nitrogen and oxygen atoms in total. The average molecular weight is 1420 g/mol. The highest BCUT2D eigenvalue weighted by Crippen LogP contribution is 2.71. The Kier molecular flexibility index (Phi) is 24.7. The largest absolute Gasteiger partial charge is 0.394 e. The Morgan fingerprint density at radius 3 is 1.43 bits per heavy atom. The molecule has 35 heteroatoms. The second-order valence-electron chi connectivity index (χ2n) is 30.0. The summed E-state index contributed by atoms with van der Waals surface area (Å²) in [6, 6.07) is 0. The van der Waals surface area contributed by atoms with Crippen LogP contribution in [-0.2, 0) is 61.6 Å². The van der Waals surface area contributed by atoms with Gasteiger partial charge in [-0.2, -0.15) is 0 Å².